The quantitative estimate of drug-likeness (QED) is 0.885. The Morgan fingerprint density at radius 1 is 1.27 bits per heavy atom. The second-order valence-corrected chi connectivity index (χ2v) is 4.79. The highest BCUT2D eigenvalue weighted by Crippen LogP contribution is 2.11. The van der Waals surface area contributed by atoms with E-state index in [-0.39, 0.29) is 5.91 Å². The van der Waals surface area contributed by atoms with Crippen LogP contribution in [0, 0.1) is 18.3 Å². The van der Waals surface area contributed by atoms with Crippen LogP contribution in [0.5, 0.6) is 0 Å². The van der Waals surface area contributed by atoms with E-state index in [0.717, 1.165) is 18.7 Å². The van der Waals surface area contributed by atoms with Gasteiger partial charge in [-0.25, -0.2) is 9.97 Å². The zero-order valence-corrected chi connectivity index (χ0v) is 12.6. The standard InChI is InChI=1S/C16H17N5O/c1-3-8-18-16-19-11(2)9-14(21-16)15(22)20-13-6-4-12(10-17)5-7-13/h4-7,9H,3,8H2,1-2H3,(H,20,22)(H,18,19,21). The summed E-state index contributed by atoms with van der Waals surface area (Å²) in [5.74, 6) is 0.140. The van der Waals surface area contributed by atoms with E-state index in [1.54, 1.807) is 30.3 Å². The number of nitrogens with one attached hydrogen (secondary N) is 2. The fourth-order valence-electron chi connectivity index (χ4n) is 1.82. The molecule has 0 radical (unpaired) electrons. The number of nitrogens with zero attached hydrogens (tertiary/aromatic N) is 3. The molecule has 22 heavy (non-hydrogen) atoms. The molecule has 2 rings (SSSR count). The van der Waals surface area contributed by atoms with E-state index in [1.807, 2.05) is 19.9 Å². The Kier molecular flexibility index (Phi) is 5.04. The van der Waals surface area contributed by atoms with Gasteiger partial charge in [0.25, 0.3) is 5.91 Å². The molecular weight excluding hydrogens is 278 g/mol. The molecule has 112 valence electrons. The minimum absolute atomic E-state index is 0.301. The van der Waals surface area contributed by atoms with Crippen molar-refractivity contribution in [2.45, 2.75) is 20.3 Å². The monoisotopic (exact) mass is 295 g/mol. The van der Waals surface area contributed by atoms with Gasteiger partial charge in [0.15, 0.2) is 0 Å². The minimum Gasteiger partial charge on any atom is -0.354 e. The van der Waals surface area contributed by atoms with Gasteiger partial charge in [-0.05, 0) is 43.7 Å². The second-order valence-electron chi connectivity index (χ2n) is 4.79. The summed E-state index contributed by atoms with van der Waals surface area (Å²) < 4.78 is 0. The van der Waals surface area contributed by atoms with Gasteiger partial charge in [-0.1, -0.05) is 6.92 Å². The lowest BCUT2D eigenvalue weighted by Crippen LogP contribution is -2.16. The molecule has 0 aliphatic carbocycles. The number of carbonyl (C=O) groups is 1. The molecule has 0 aliphatic rings. The summed E-state index contributed by atoms with van der Waals surface area (Å²) in [6.45, 7) is 4.61. The van der Waals surface area contributed by atoms with Crippen molar-refractivity contribution in [2.24, 2.45) is 0 Å². The van der Waals surface area contributed by atoms with Crippen LogP contribution in [0.4, 0.5) is 11.6 Å². The third kappa shape index (κ3) is 4.03. The Morgan fingerprint density at radius 3 is 2.64 bits per heavy atom. The van der Waals surface area contributed by atoms with E-state index in [2.05, 4.69) is 20.6 Å². The molecule has 2 aromatic rings. The summed E-state index contributed by atoms with van der Waals surface area (Å²) in [6.07, 6.45) is 0.948. The molecule has 2 N–H and O–H groups in total. The largest absolute Gasteiger partial charge is 0.354 e. The third-order valence-corrected chi connectivity index (χ3v) is 2.89. The van der Waals surface area contributed by atoms with Crippen molar-refractivity contribution in [3.8, 4) is 6.07 Å². The average molecular weight is 295 g/mol. The normalized spacial score (nSPS) is 9.86. The van der Waals surface area contributed by atoms with Gasteiger partial charge in [0.05, 0.1) is 11.6 Å². The first-order valence-corrected chi connectivity index (χ1v) is 7.03. The van der Waals surface area contributed by atoms with Crippen molar-refractivity contribution in [1.29, 1.82) is 5.26 Å². The Bertz CT molecular complexity index is 703. The van der Waals surface area contributed by atoms with E-state index >= 15 is 0 Å². The topological polar surface area (TPSA) is 90.7 Å². The van der Waals surface area contributed by atoms with Crippen molar-refractivity contribution in [1.82, 2.24) is 9.97 Å². The zero-order valence-electron chi connectivity index (χ0n) is 12.6. The molecule has 6 nitrogen and oxygen atoms in total. The molecule has 1 aromatic carbocycles. The lowest BCUT2D eigenvalue weighted by Gasteiger charge is -2.08. The molecule has 0 saturated carbocycles. The highest BCUT2D eigenvalue weighted by atomic mass is 16.1. The van der Waals surface area contributed by atoms with Gasteiger partial charge in [-0.3, -0.25) is 4.79 Å². The predicted octanol–water partition coefficient (Wildman–Crippen LogP) is 2.73. The number of rotatable bonds is 5. The van der Waals surface area contributed by atoms with Crippen LogP contribution in [0.3, 0.4) is 0 Å². The molecule has 6 heteroatoms. The first-order chi connectivity index (χ1) is 10.6. The summed E-state index contributed by atoms with van der Waals surface area (Å²) in [5.41, 5.74) is 2.18. The number of anilines is 2. The van der Waals surface area contributed by atoms with Crippen molar-refractivity contribution >= 4 is 17.5 Å². The predicted molar refractivity (Wildman–Crippen MR) is 84.7 cm³/mol. The number of aryl methyl sites for hydroxylation is 1. The first-order valence-electron chi connectivity index (χ1n) is 7.03. The van der Waals surface area contributed by atoms with Gasteiger partial charge in [0.2, 0.25) is 5.95 Å². The van der Waals surface area contributed by atoms with Crippen molar-refractivity contribution in [2.75, 3.05) is 17.2 Å². The fraction of sp³-hybridized carbons (Fsp3) is 0.250. The molecule has 0 atom stereocenters. The number of nitriles is 1. The van der Waals surface area contributed by atoms with Gasteiger partial charge in [0, 0.05) is 17.9 Å². The molecular formula is C16H17N5O. The number of hydrogen-bond donors (Lipinski definition) is 2. The minimum atomic E-state index is -0.310. The smallest absolute Gasteiger partial charge is 0.274 e. The molecule has 0 aliphatic heterocycles. The van der Waals surface area contributed by atoms with E-state index in [0.29, 0.717) is 22.9 Å². The Labute approximate surface area is 129 Å². The Balaban J connectivity index is 2.14. The van der Waals surface area contributed by atoms with Crippen molar-refractivity contribution < 1.29 is 4.79 Å². The van der Waals surface area contributed by atoms with Crippen LogP contribution >= 0.6 is 0 Å². The highest BCUT2D eigenvalue weighted by molar-refractivity contribution is 6.03. The van der Waals surface area contributed by atoms with Crippen molar-refractivity contribution in [3.63, 3.8) is 0 Å². The van der Waals surface area contributed by atoms with Crippen LogP contribution in [0.2, 0.25) is 0 Å². The molecule has 1 amide bonds. The van der Waals surface area contributed by atoms with Gasteiger partial charge in [-0.15, -0.1) is 0 Å². The maximum absolute atomic E-state index is 12.3. The maximum atomic E-state index is 12.3. The summed E-state index contributed by atoms with van der Waals surface area (Å²) in [5, 5.41) is 14.6. The Morgan fingerprint density at radius 2 is 2.00 bits per heavy atom. The van der Waals surface area contributed by atoms with Crippen molar-refractivity contribution in [3.05, 3.63) is 47.3 Å². The zero-order chi connectivity index (χ0) is 15.9. The number of benzene rings is 1. The van der Waals surface area contributed by atoms with Crippen LogP contribution in [0.1, 0.15) is 35.1 Å². The lowest BCUT2D eigenvalue weighted by molar-refractivity contribution is 0.102. The van der Waals surface area contributed by atoms with Gasteiger partial charge in [-0.2, -0.15) is 5.26 Å². The average Bonchev–Trinajstić information content (AvgIpc) is 2.53. The highest BCUT2D eigenvalue weighted by Gasteiger charge is 2.11. The SMILES string of the molecule is CCCNc1nc(C)cc(C(=O)Nc2ccc(C#N)cc2)n1. The van der Waals surface area contributed by atoms with Gasteiger partial charge >= 0.3 is 0 Å². The van der Waals surface area contributed by atoms with Gasteiger partial charge in [0.1, 0.15) is 5.69 Å². The van der Waals surface area contributed by atoms with E-state index < -0.39 is 0 Å². The summed E-state index contributed by atoms with van der Waals surface area (Å²) in [7, 11) is 0. The Hall–Kier alpha value is -2.94. The molecule has 0 unspecified atom stereocenters. The summed E-state index contributed by atoms with van der Waals surface area (Å²) >= 11 is 0. The van der Waals surface area contributed by atoms with Crippen LogP contribution in [0.25, 0.3) is 0 Å². The number of hydrogen-bond acceptors (Lipinski definition) is 5. The maximum Gasteiger partial charge on any atom is 0.274 e. The summed E-state index contributed by atoms with van der Waals surface area (Å²) in [4.78, 5) is 20.7. The van der Waals surface area contributed by atoms with Crippen LogP contribution < -0.4 is 10.6 Å². The summed E-state index contributed by atoms with van der Waals surface area (Å²) in [6, 6.07) is 10.3. The second kappa shape index (κ2) is 7.18. The lowest BCUT2D eigenvalue weighted by atomic mass is 10.2. The van der Waals surface area contributed by atoms with E-state index in [9.17, 15) is 4.79 Å². The first kappa shape index (κ1) is 15.4. The molecule has 0 bridgehead atoms. The van der Waals surface area contributed by atoms with E-state index in [1.165, 1.54) is 0 Å². The molecule has 0 saturated heterocycles. The van der Waals surface area contributed by atoms with Crippen LogP contribution in [0.15, 0.2) is 30.3 Å². The van der Waals surface area contributed by atoms with Crippen LogP contribution in [-0.2, 0) is 0 Å². The van der Waals surface area contributed by atoms with E-state index in [4.69, 9.17) is 5.26 Å². The third-order valence-electron chi connectivity index (χ3n) is 2.89. The molecule has 1 heterocycles. The molecule has 0 fully saturated rings. The number of amides is 1. The molecule has 1 aromatic heterocycles. The fourth-order valence-corrected chi connectivity index (χ4v) is 1.82. The number of carbonyl (C=O) groups excluding carboxylic acids is 1. The van der Waals surface area contributed by atoms with Gasteiger partial charge < -0.3 is 10.6 Å². The van der Waals surface area contributed by atoms with Crippen LogP contribution in [-0.4, -0.2) is 22.4 Å². The molecule has 0 spiro atoms. The number of aromatic nitrogens is 2.